The van der Waals surface area contributed by atoms with E-state index in [-0.39, 0.29) is 23.5 Å². The SMILES string of the molecule is O=C(O)CC1CSCCN1C(=O)c1cc(O)ccc1O. The predicted molar refractivity (Wildman–Crippen MR) is 74.2 cm³/mol. The zero-order valence-electron chi connectivity index (χ0n) is 10.7. The van der Waals surface area contributed by atoms with Crippen LogP contribution in [0, 0.1) is 0 Å². The van der Waals surface area contributed by atoms with E-state index in [0.717, 1.165) is 5.75 Å². The lowest BCUT2D eigenvalue weighted by atomic mass is 10.1. The quantitative estimate of drug-likeness (QED) is 0.724. The normalized spacial score (nSPS) is 18.8. The van der Waals surface area contributed by atoms with Crippen LogP contribution in [0.1, 0.15) is 16.8 Å². The number of amides is 1. The molecular formula is C13H15NO5S. The van der Waals surface area contributed by atoms with Crippen molar-refractivity contribution in [1.82, 2.24) is 4.90 Å². The maximum Gasteiger partial charge on any atom is 0.305 e. The highest BCUT2D eigenvalue weighted by Gasteiger charge is 2.30. The Bertz CT molecular complexity index is 533. The Morgan fingerprint density at radius 1 is 1.35 bits per heavy atom. The number of phenolic OH excluding ortho intramolecular Hbond substituents is 2. The number of rotatable bonds is 3. The van der Waals surface area contributed by atoms with Gasteiger partial charge in [-0.2, -0.15) is 11.8 Å². The minimum Gasteiger partial charge on any atom is -0.508 e. The summed E-state index contributed by atoms with van der Waals surface area (Å²) in [5.74, 6) is -0.480. The van der Waals surface area contributed by atoms with E-state index < -0.39 is 17.9 Å². The Balaban J connectivity index is 2.25. The van der Waals surface area contributed by atoms with Crippen molar-refractivity contribution in [1.29, 1.82) is 0 Å². The second-order valence-electron chi connectivity index (χ2n) is 4.53. The van der Waals surface area contributed by atoms with Crippen LogP contribution in [0.5, 0.6) is 11.5 Å². The van der Waals surface area contributed by atoms with Crippen LogP contribution in [-0.2, 0) is 4.79 Å². The molecule has 1 saturated heterocycles. The third-order valence-electron chi connectivity index (χ3n) is 3.11. The second kappa shape index (κ2) is 6.04. The highest BCUT2D eigenvalue weighted by Crippen LogP contribution is 2.27. The van der Waals surface area contributed by atoms with Gasteiger partial charge in [-0.3, -0.25) is 9.59 Å². The summed E-state index contributed by atoms with van der Waals surface area (Å²) in [5.41, 5.74) is -0.00714. The molecule has 7 heteroatoms. The number of hydrogen-bond acceptors (Lipinski definition) is 5. The number of hydrogen-bond donors (Lipinski definition) is 3. The smallest absolute Gasteiger partial charge is 0.305 e. The largest absolute Gasteiger partial charge is 0.508 e. The minimum atomic E-state index is -0.963. The zero-order valence-corrected chi connectivity index (χ0v) is 11.5. The molecule has 1 heterocycles. The molecule has 108 valence electrons. The topological polar surface area (TPSA) is 98.1 Å². The van der Waals surface area contributed by atoms with Crippen molar-refractivity contribution >= 4 is 23.6 Å². The molecule has 20 heavy (non-hydrogen) atoms. The average Bonchev–Trinajstić information content (AvgIpc) is 2.41. The molecule has 1 aliphatic rings. The number of nitrogens with zero attached hydrogens (tertiary/aromatic N) is 1. The first-order chi connectivity index (χ1) is 9.49. The molecule has 0 aliphatic carbocycles. The fraction of sp³-hybridized carbons (Fsp3) is 0.385. The number of carbonyl (C=O) groups is 2. The molecule has 1 amide bonds. The van der Waals surface area contributed by atoms with Crippen molar-refractivity contribution < 1.29 is 24.9 Å². The zero-order chi connectivity index (χ0) is 14.7. The van der Waals surface area contributed by atoms with Gasteiger partial charge in [0.05, 0.1) is 18.0 Å². The minimum absolute atomic E-state index is 0.00714. The summed E-state index contributed by atoms with van der Waals surface area (Å²) in [5, 5.41) is 28.0. The van der Waals surface area contributed by atoms with Crippen molar-refractivity contribution in [2.45, 2.75) is 12.5 Å². The number of phenols is 2. The van der Waals surface area contributed by atoms with Crippen LogP contribution in [0.3, 0.4) is 0 Å². The number of aliphatic carboxylic acids is 1. The summed E-state index contributed by atoms with van der Waals surface area (Å²) in [6, 6.07) is 3.32. The molecule has 3 N–H and O–H groups in total. The monoisotopic (exact) mass is 297 g/mol. The van der Waals surface area contributed by atoms with Gasteiger partial charge in [-0.1, -0.05) is 0 Å². The first-order valence-corrected chi connectivity index (χ1v) is 7.27. The number of benzene rings is 1. The van der Waals surface area contributed by atoms with Gasteiger partial charge in [0.2, 0.25) is 0 Å². The van der Waals surface area contributed by atoms with Crippen LogP contribution in [0.4, 0.5) is 0 Å². The summed E-state index contributed by atoms with van der Waals surface area (Å²) in [6.45, 7) is 0.427. The molecule has 0 bridgehead atoms. The van der Waals surface area contributed by atoms with E-state index in [1.165, 1.54) is 23.1 Å². The standard InChI is InChI=1S/C13H15NO5S/c15-9-1-2-11(16)10(6-9)13(19)14-3-4-20-7-8(14)5-12(17)18/h1-2,6,8,15-16H,3-5,7H2,(H,17,18). The van der Waals surface area contributed by atoms with Crippen LogP contribution in [0.25, 0.3) is 0 Å². The van der Waals surface area contributed by atoms with Gasteiger partial charge in [-0.15, -0.1) is 0 Å². The predicted octanol–water partition coefficient (Wildman–Crippen LogP) is 1.13. The molecule has 1 aromatic carbocycles. The van der Waals surface area contributed by atoms with E-state index in [2.05, 4.69) is 0 Å². The highest BCUT2D eigenvalue weighted by atomic mass is 32.2. The molecule has 1 atom stereocenters. The Morgan fingerprint density at radius 3 is 2.80 bits per heavy atom. The van der Waals surface area contributed by atoms with E-state index in [0.29, 0.717) is 12.3 Å². The Kier molecular flexibility index (Phi) is 4.39. The van der Waals surface area contributed by atoms with Gasteiger partial charge in [0.25, 0.3) is 5.91 Å². The lowest BCUT2D eigenvalue weighted by Gasteiger charge is -2.34. The molecule has 0 saturated carbocycles. The molecule has 0 spiro atoms. The molecule has 0 radical (unpaired) electrons. The fourth-order valence-corrected chi connectivity index (χ4v) is 3.21. The number of aromatic hydroxyl groups is 2. The van der Waals surface area contributed by atoms with E-state index in [9.17, 15) is 19.8 Å². The van der Waals surface area contributed by atoms with E-state index in [4.69, 9.17) is 5.11 Å². The molecule has 1 fully saturated rings. The van der Waals surface area contributed by atoms with Crippen LogP contribution >= 0.6 is 11.8 Å². The van der Waals surface area contributed by atoms with Gasteiger partial charge in [0.1, 0.15) is 11.5 Å². The third-order valence-corrected chi connectivity index (χ3v) is 4.20. The van der Waals surface area contributed by atoms with Crippen LogP contribution in [-0.4, -0.2) is 56.2 Å². The number of carboxylic acids is 1. The van der Waals surface area contributed by atoms with Gasteiger partial charge >= 0.3 is 5.97 Å². The lowest BCUT2D eigenvalue weighted by Crippen LogP contribution is -2.47. The molecule has 1 unspecified atom stereocenters. The van der Waals surface area contributed by atoms with E-state index >= 15 is 0 Å². The van der Waals surface area contributed by atoms with Gasteiger partial charge in [0.15, 0.2) is 0 Å². The van der Waals surface area contributed by atoms with Crippen molar-refractivity contribution in [3.8, 4) is 11.5 Å². The summed E-state index contributed by atoms with van der Waals surface area (Å²) in [4.78, 5) is 24.7. The maximum absolute atomic E-state index is 12.4. The second-order valence-corrected chi connectivity index (χ2v) is 5.68. The van der Waals surface area contributed by atoms with Crippen molar-refractivity contribution in [3.63, 3.8) is 0 Å². The fourth-order valence-electron chi connectivity index (χ4n) is 2.14. The summed E-state index contributed by atoms with van der Waals surface area (Å²) in [7, 11) is 0. The summed E-state index contributed by atoms with van der Waals surface area (Å²) < 4.78 is 0. The average molecular weight is 297 g/mol. The van der Waals surface area contributed by atoms with Crippen molar-refractivity contribution in [3.05, 3.63) is 23.8 Å². The van der Waals surface area contributed by atoms with Crippen LogP contribution < -0.4 is 0 Å². The van der Waals surface area contributed by atoms with Gasteiger partial charge in [-0.25, -0.2) is 0 Å². The molecular weight excluding hydrogens is 282 g/mol. The van der Waals surface area contributed by atoms with Crippen molar-refractivity contribution in [2.75, 3.05) is 18.1 Å². The highest BCUT2D eigenvalue weighted by molar-refractivity contribution is 7.99. The molecule has 2 rings (SSSR count). The molecule has 1 aromatic rings. The Hall–Kier alpha value is -1.89. The summed E-state index contributed by atoms with van der Waals surface area (Å²) >= 11 is 1.60. The third kappa shape index (κ3) is 3.16. The van der Waals surface area contributed by atoms with E-state index in [1.54, 1.807) is 11.8 Å². The number of thioether (sulfide) groups is 1. The Labute approximate surface area is 120 Å². The molecule has 1 aliphatic heterocycles. The van der Waals surface area contributed by atoms with Gasteiger partial charge in [0, 0.05) is 18.1 Å². The van der Waals surface area contributed by atoms with Gasteiger partial charge in [-0.05, 0) is 18.2 Å². The molecule has 0 aromatic heterocycles. The first kappa shape index (κ1) is 14.5. The number of carbonyl (C=O) groups excluding carboxylic acids is 1. The van der Waals surface area contributed by atoms with E-state index in [1.807, 2.05) is 0 Å². The van der Waals surface area contributed by atoms with Gasteiger partial charge < -0.3 is 20.2 Å². The lowest BCUT2D eigenvalue weighted by molar-refractivity contribution is -0.138. The van der Waals surface area contributed by atoms with Crippen LogP contribution in [0.15, 0.2) is 18.2 Å². The van der Waals surface area contributed by atoms with Crippen LogP contribution in [0.2, 0.25) is 0 Å². The first-order valence-electron chi connectivity index (χ1n) is 6.11. The maximum atomic E-state index is 12.4. The molecule has 6 nitrogen and oxygen atoms in total. The van der Waals surface area contributed by atoms with Crippen molar-refractivity contribution in [2.24, 2.45) is 0 Å². The summed E-state index contributed by atoms with van der Waals surface area (Å²) in [6.07, 6.45) is -0.127. The Morgan fingerprint density at radius 2 is 2.10 bits per heavy atom. The number of carboxylic acid groups (broad SMARTS) is 1.